The van der Waals surface area contributed by atoms with Crippen molar-refractivity contribution < 1.29 is 26.9 Å². The van der Waals surface area contributed by atoms with Crippen LogP contribution in [-0.2, 0) is 6.54 Å². The van der Waals surface area contributed by atoms with Crippen molar-refractivity contribution in [1.82, 2.24) is 24.4 Å². The van der Waals surface area contributed by atoms with E-state index in [0.29, 0.717) is 43.8 Å². The van der Waals surface area contributed by atoms with Crippen LogP contribution in [0.15, 0.2) is 46.8 Å². The third kappa shape index (κ3) is 6.83. The molecule has 4 aromatic heterocycles. The summed E-state index contributed by atoms with van der Waals surface area (Å²) in [5, 5.41) is 21.6. The molecule has 0 amide bonds. The number of halogens is 3. The molecule has 1 saturated heterocycles. The van der Waals surface area contributed by atoms with Crippen LogP contribution in [-0.4, -0.2) is 74.0 Å². The van der Waals surface area contributed by atoms with Gasteiger partial charge in [0.2, 0.25) is 0 Å². The number of carbonyl (C=O) groups is 1. The van der Waals surface area contributed by atoms with Crippen molar-refractivity contribution in [3.8, 4) is 29.0 Å². The number of benzene rings is 1. The summed E-state index contributed by atoms with van der Waals surface area (Å²) in [4.78, 5) is 40.2. The number of carboxylic acid groups (broad SMARTS) is 1. The zero-order valence-corrected chi connectivity index (χ0v) is 27.6. The Kier molecular flexibility index (Phi) is 7.43. The van der Waals surface area contributed by atoms with Crippen LogP contribution in [0.4, 0.5) is 14.6 Å². The number of carboxylic acids is 1. The molecule has 5 aromatic rings. The molecule has 1 N–H and O–H groups in total. The van der Waals surface area contributed by atoms with Crippen LogP contribution in [0.3, 0.4) is 0 Å². The van der Waals surface area contributed by atoms with Crippen molar-refractivity contribution in [2.45, 2.75) is 45.2 Å². The number of fused-ring (bicyclic) bond motifs is 2. The molecule has 1 aromatic carbocycles. The second kappa shape index (κ2) is 13.5. The first-order valence-electron chi connectivity index (χ1n) is 17.8. The van der Waals surface area contributed by atoms with Crippen LogP contribution in [0.1, 0.15) is 55.3 Å². The van der Waals surface area contributed by atoms with Gasteiger partial charge in [-0.1, -0.05) is 23.4 Å². The molecule has 250 valence electrons. The number of rotatable bonds is 7. The predicted octanol–water partition coefficient (Wildman–Crippen LogP) is 6.21. The smallest absolute Gasteiger partial charge is 0.338 e. The zero-order chi connectivity index (χ0) is 40.2. The van der Waals surface area contributed by atoms with Gasteiger partial charge in [0.25, 0.3) is 11.5 Å². The Labute approximate surface area is 297 Å². The minimum atomic E-state index is -3.75. The fraction of sp³-hybridized carbons (Fsp3) is 0.314. The van der Waals surface area contributed by atoms with Gasteiger partial charge in [-0.3, -0.25) is 19.2 Å². The van der Waals surface area contributed by atoms with Crippen molar-refractivity contribution in [3.05, 3.63) is 79.9 Å². The molecule has 0 saturated carbocycles. The highest BCUT2D eigenvalue weighted by Gasteiger charge is 2.31. The molecule has 0 spiro atoms. The van der Waals surface area contributed by atoms with E-state index in [-0.39, 0.29) is 28.8 Å². The van der Waals surface area contributed by atoms with Crippen molar-refractivity contribution in [3.63, 3.8) is 0 Å². The van der Waals surface area contributed by atoms with Gasteiger partial charge < -0.3 is 10.0 Å². The molecule has 0 unspecified atom stereocenters. The SMILES string of the molecule is [2H]C([2H])([2H])N(c1ncc2nc(C)n(CC#Cc3ccc(Cl)cc3-c3ccnc4c(C(=O)O)csc34)c(=O)c2c1C#N)C1([2H])CCN(C([2H])([2H])C(C)(F)F)CC1. The van der Waals surface area contributed by atoms with Crippen molar-refractivity contribution in [2.75, 3.05) is 31.5 Å². The second-order valence-corrected chi connectivity index (χ2v) is 12.6. The van der Waals surface area contributed by atoms with Crippen LogP contribution in [0.25, 0.3) is 32.2 Å². The lowest BCUT2D eigenvalue weighted by molar-refractivity contribution is -0.0198. The standard InChI is InChI=1S/C35H30ClF2N7O3S/c1-20-42-28-17-41-32(43(3)23-9-13-44(14-10-23)19-35(2,37)38)26(16-39)29(28)33(46)45(20)12-4-5-21-6-7-22(36)15-25(21)24-8-11-40-30-27(34(47)48)18-49-31(24)30/h6-8,11,15,17-18,23H,9-10,12-14,19H2,1-3H3,(H,47,48)/i3D3,19D2,23D. The minimum Gasteiger partial charge on any atom is -0.478 e. The lowest BCUT2D eigenvalue weighted by atomic mass is 10.00. The summed E-state index contributed by atoms with van der Waals surface area (Å²) < 4.78 is 80.0. The van der Waals surface area contributed by atoms with Crippen molar-refractivity contribution >= 4 is 55.8 Å². The second-order valence-electron chi connectivity index (χ2n) is 11.3. The summed E-state index contributed by atoms with van der Waals surface area (Å²) >= 11 is 7.56. The number of aromatic nitrogens is 4. The third-order valence-corrected chi connectivity index (χ3v) is 9.16. The van der Waals surface area contributed by atoms with Gasteiger partial charge in [-0.15, -0.1) is 11.3 Å². The number of hydrogen-bond acceptors (Lipinski definition) is 9. The fourth-order valence-corrected chi connectivity index (χ4v) is 6.86. The molecule has 1 fully saturated rings. The van der Waals surface area contributed by atoms with Crippen LogP contribution in [0.2, 0.25) is 5.02 Å². The van der Waals surface area contributed by atoms with E-state index < -0.39 is 74.3 Å². The number of aryl methyl sites for hydroxylation is 1. The monoisotopic (exact) mass is 707 g/mol. The van der Waals surface area contributed by atoms with Gasteiger partial charge in [-0.05, 0) is 44.0 Å². The van der Waals surface area contributed by atoms with E-state index in [1.807, 2.05) is 6.07 Å². The Bertz CT molecular complexity index is 2530. The van der Waals surface area contributed by atoms with Gasteiger partial charge in [0.05, 0.1) is 47.3 Å². The van der Waals surface area contributed by atoms with E-state index in [1.165, 1.54) is 27.5 Å². The molecular formula is C35H30ClF2N7O3S. The Morgan fingerprint density at radius 3 is 2.78 bits per heavy atom. The first-order chi connectivity index (χ1) is 25.7. The highest BCUT2D eigenvalue weighted by Crippen LogP contribution is 2.36. The Morgan fingerprint density at radius 1 is 1.31 bits per heavy atom. The van der Waals surface area contributed by atoms with E-state index in [9.17, 15) is 30.1 Å². The number of nitriles is 1. The summed E-state index contributed by atoms with van der Waals surface area (Å²) in [6, 6.07) is 6.52. The molecule has 1 aliphatic heterocycles. The van der Waals surface area contributed by atoms with E-state index in [4.69, 9.17) is 18.5 Å². The number of nitrogens with zero attached hydrogens (tertiary/aromatic N) is 7. The van der Waals surface area contributed by atoms with Crippen LogP contribution >= 0.6 is 22.9 Å². The Balaban J connectivity index is 1.39. The molecule has 14 heteroatoms. The number of thiophene rings is 1. The quantitative estimate of drug-likeness (QED) is 0.197. The predicted molar refractivity (Wildman–Crippen MR) is 186 cm³/mol. The maximum absolute atomic E-state index is 14.1. The number of pyridine rings is 2. The highest BCUT2D eigenvalue weighted by molar-refractivity contribution is 7.18. The summed E-state index contributed by atoms with van der Waals surface area (Å²) in [6.07, 6.45) is 1.81. The van der Waals surface area contributed by atoms with Gasteiger partial charge in [0.15, 0.2) is 0 Å². The number of alkyl halides is 2. The first kappa shape index (κ1) is 26.9. The number of anilines is 1. The minimum absolute atomic E-state index is 0.0110. The van der Waals surface area contributed by atoms with Gasteiger partial charge in [-0.2, -0.15) is 5.26 Å². The van der Waals surface area contributed by atoms with Crippen LogP contribution in [0.5, 0.6) is 0 Å². The van der Waals surface area contributed by atoms with Gasteiger partial charge >= 0.3 is 5.97 Å². The molecule has 0 radical (unpaired) electrons. The third-order valence-electron chi connectivity index (χ3n) is 7.92. The Hall–Kier alpha value is -4.95. The van der Waals surface area contributed by atoms with Gasteiger partial charge in [0, 0.05) is 73.2 Å². The fourth-order valence-electron chi connectivity index (χ4n) is 5.66. The van der Waals surface area contributed by atoms with E-state index in [1.54, 1.807) is 31.2 Å². The zero-order valence-electron chi connectivity index (χ0n) is 32.0. The van der Waals surface area contributed by atoms with Gasteiger partial charge in [0.1, 0.15) is 23.3 Å². The largest absolute Gasteiger partial charge is 0.478 e. The molecule has 6 rings (SSSR count). The van der Waals surface area contributed by atoms with Crippen molar-refractivity contribution in [2.24, 2.45) is 0 Å². The number of aromatic carboxylic acids is 1. The summed E-state index contributed by atoms with van der Waals surface area (Å²) in [7, 11) is 0. The number of piperidine rings is 1. The number of likely N-dealkylation sites (tertiary alicyclic amines) is 1. The lowest BCUT2D eigenvalue weighted by Crippen LogP contribution is -2.46. The normalized spacial score (nSPS) is 17.1. The molecule has 10 nitrogen and oxygen atoms in total. The van der Waals surface area contributed by atoms with Crippen molar-refractivity contribution in [1.29, 1.82) is 5.26 Å². The maximum atomic E-state index is 14.1. The lowest BCUT2D eigenvalue weighted by Gasteiger charge is -2.38. The number of hydrogen-bond donors (Lipinski definition) is 1. The molecular weight excluding hydrogens is 672 g/mol. The maximum Gasteiger partial charge on any atom is 0.338 e. The van der Waals surface area contributed by atoms with Crippen LogP contribution < -0.4 is 10.5 Å². The molecule has 0 aliphatic carbocycles. The van der Waals surface area contributed by atoms with Crippen LogP contribution in [0, 0.1) is 30.1 Å². The van der Waals surface area contributed by atoms with E-state index >= 15 is 0 Å². The van der Waals surface area contributed by atoms with E-state index in [0.717, 1.165) is 11.1 Å². The molecule has 0 bridgehead atoms. The average Bonchev–Trinajstić information content (AvgIpc) is 3.54. The Morgan fingerprint density at radius 2 is 2.08 bits per heavy atom. The first-order valence-corrected chi connectivity index (χ1v) is 16.1. The molecule has 1 aliphatic rings. The molecule has 49 heavy (non-hydrogen) atoms. The highest BCUT2D eigenvalue weighted by atomic mass is 35.5. The van der Waals surface area contributed by atoms with E-state index in [2.05, 4.69) is 26.8 Å². The summed E-state index contributed by atoms with van der Waals surface area (Å²) in [5.41, 5.74) is 0.894. The summed E-state index contributed by atoms with van der Waals surface area (Å²) in [5.74, 6) is 0.836. The summed E-state index contributed by atoms with van der Waals surface area (Å²) in [6.45, 7) is -5.19. The molecule has 5 heterocycles. The molecule has 0 atom stereocenters. The van der Waals surface area contributed by atoms with Gasteiger partial charge in [-0.25, -0.2) is 23.5 Å². The topological polar surface area (TPSA) is 128 Å². The average molecular weight is 708 g/mol.